The second-order valence-electron chi connectivity index (χ2n) is 10.5. The molecule has 3 rings (SSSR count). The van der Waals surface area contributed by atoms with E-state index in [0.717, 1.165) is 26.1 Å². The number of fused-ring (bicyclic) bond motifs is 1. The van der Waals surface area contributed by atoms with Crippen LogP contribution in [0.25, 0.3) is 5.32 Å². The van der Waals surface area contributed by atoms with E-state index in [1.54, 1.807) is 0 Å². The predicted molar refractivity (Wildman–Crippen MR) is 97.5 cm³/mol. The first kappa shape index (κ1) is 22.3. The fourth-order valence-corrected chi connectivity index (χ4v) is 5.44. The molecule has 24 heavy (non-hydrogen) atoms. The Bertz CT molecular complexity index is 511. The van der Waals surface area contributed by atoms with Gasteiger partial charge in [-0.1, -0.05) is 40.0 Å². The van der Waals surface area contributed by atoms with Crippen molar-refractivity contribution in [2.75, 3.05) is 19.6 Å². The summed E-state index contributed by atoms with van der Waals surface area (Å²) >= 11 is 0. The second-order valence-corrected chi connectivity index (χ2v) is 10.5. The summed E-state index contributed by atoms with van der Waals surface area (Å²) in [6, 6.07) is 0.0687. The number of Topliss-reactive ketones (excluding diaryl/α,β-unsaturated/α-hetero) is 1. The molecule has 2 heterocycles. The van der Waals surface area contributed by atoms with E-state index in [1.807, 2.05) is 0 Å². The van der Waals surface area contributed by atoms with Crippen molar-refractivity contribution in [2.45, 2.75) is 73.4 Å². The Morgan fingerprint density at radius 3 is 1.83 bits per heavy atom. The summed E-state index contributed by atoms with van der Waals surface area (Å²) in [4.78, 5) is 15.6. The molecule has 1 aliphatic carbocycles. The minimum atomic E-state index is -0.268. The number of likely N-dealkylation sites (tertiary alicyclic amines) is 1. The number of rotatable bonds is 1. The van der Waals surface area contributed by atoms with Crippen LogP contribution in [0.5, 0.6) is 0 Å². The van der Waals surface area contributed by atoms with Crippen LogP contribution in [0.1, 0.15) is 61.8 Å². The Kier molecular flexibility index (Phi) is 5.46. The van der Waals surface area contributed by atoms with E-state index in [0.29, 0.717) is 22.0 Å². The monoisotopic (exact) mass is 507 g/mol. The number of hydrogen-bond donors (Lipinski definition) is 0. The van der Waals surface area contributed by atoms with Gasteiger partial charge in [-0.25, -0.2) is 0 Å². The molecule has 1 saturated carbocycles. The molecular weight excluding hydrogens is 470 g/mol. The van der Waals surface area contributed by atoms with Crippen LogP contribution in [-0.4, -0.2) is 41.9 Å². The zero-order chi connectivity index (χ0) is 16.8. The molecule has 4 heteroatoms. The van der Waals surface area contributed by atoms with Gasteiger partial charge in [-0.05, 0) is 38.0 Å². The molecule has 0 amide bonds. The summed E-state index contributed by atoms with van der Waals surface area (Å²) in [5, 5.41) is 4.55. The van der Waals surface area contributed by atoms with Crippen LogP contribution in [0.4, 0.5) is 0 Å². The van der Waals surface area contributed by atoms with Gasteiger partial charge in [-0.15, -0.1) is 13.1 Å². The molecule has 0 aromatic heterocycles. The van der Waals surface area contributed by atoms with Crippen LogP contribution in [0, 0.1) is 29.1 Å². The van der Waals surface area contributed by atoms with Crippen molar-refractivity contribution in [1.82, 2.24) is 4.90 Å². The van der Waals surface area contributed by atoms with Gasteiger partial charge in [0.05, 0.1) is 6.04 Å². The Labute approximate surface area is 163 Å². The molecule has 2 spiro atoms. The molecule has 2 aliphatic heterocycles. The largest absolute Gasteiger partial charge is 0.661 e. The Balaban J connectivity index is 0.00000144. The molecule has 3 aliphatic rings. The molecule has 0 aromatic rings. The van der Waals surface area contributed by atoms with Crippen molar-refractivity contribution in [3.05, 3.63) is 12.7 Å². The molecule has 0 bridgehead atoms. The average molecular weight is 507 g/mol. The molecule has 0 aromatic carbocycles. The number of carbonyl (C=O) groups is 1. The zero-order valence-corrected chi connectivity index (χ0v) is 19.8. The smallest absolute Gasteiger partial charge is 0.155 e. The van der Waals surface area contributed by atoms with E-state index in [4.69, 9.17) is 0 Å². The fourth-order valence-electron chi connectivity index (χ4n) is 5.44. The van der Waals surface area contributed by atoms with E-state index >= 15 is 0 Å². The van der Waals surface area contributed by atoms with E-state index in [-0.39, 0.29) is 44.8 Å². The zero-order valence-electron chi connectivity index (χ0n) is 17.1. The minimum absolute atomic E-state index is 0. The van der Waals surface area contributed by atoms with Gasteiger partial charge >= 0.3 is 0 Å². The topological polar surface area (TPSA) is 34.4 Å². The van der Waals surface area contributed by atoms with Gasteiger partial charge in [0.2, 0.25) is 0 Å². The summed E-state index contributed by atoms with van der Waals surface area (Å²) in [6.07, 6.45) is 1.03. The van der Waals surface area contributed by atoms with Crippen LogP contribution in [0.3, 0.4) is 0 Å². The van der Waals surface area contributed by atoms with Gasteiger partial charge in [0.25, 0.3) is 0 Å². The molecule has 3 fully saturated rings. The molecule has 3 nitrogen and oxygen atoms in total. The third-order valence-corrected chi connectivity index (χ3v) is 7.27. The molecule has 141 valence electrons. The third-order valence-electron chi connectivity index (χ3n) is 7.27. The number of nitrogens with zero attached hydrogens (tertiary/aromatic N) is 2. The standard InChI is InChI=1S/C19H33N2O.CH3.Re/c1-15(2,3)14(22)13-9-18(12-21(13)16(4,5)6)17(7,8)19(18)10-20-11-19;;/h13H,9-12H2,1-8H3;1H3;/q2*-1;/t13?,18-;;/m0../s1. The van der Waals surface area contributed by atoms with Gasteiger partial charge < -0.3 is 12.7 Å². The maximum absolute atomic E-state index is 13.1. The van der Waals surface area contributed by atoms with Gasteiger partial charge in [-0.2, -0.15) is 0 Å². The number of hydrogen-bond acceptors (Lipinski definition) is 2. The number of carbonyl (C=O) groups excluding carboxylic acids is 1. The van der Waals surface area contributed by atoms with E-state index in [9.17, 15) is 4.79 Å². The van der Waals surface area contributed by atoms with E-state index in [2.05, 4.69) is 65.6 Å². The SMILES string of the molecule is CC(C)(C)C(=O)C1C[C@]2(CN1C(C)(C)C)C(C)(C)C21C[N-]C1.[CH3-].[Re]. The summed E-state index contributed by atoms with van der Waals surface area (Å²) < 4.78 is 0. The van der Waals surface area contributed by atoms with Crippen molar-refractivity contribution in [1.29, 1.82) is 0 Å². The Morgan fingerprint density at radius 1 is 1.04 bits per heavy atom. The third kappa shape index (κ3) is 2.51. The van der Waals surface area contributed by atoms with Crippen molar-refractivity contribution < 1.29 is 25.2 Å². The molecule has 1 radical (unpaired) electrons. The fraction of sp³-hybridized carbons (Fsp3) is 0.900. The first-order chi connectivity index (χ1) is 9.80. The van der Waals surface area contributed by atoms with Gasteiger partial charge in [0, 0.05) is 37.9 Å². The van der Waals surface area contributed by atoms with Gasteiger partial charge in [0.15, 0.2) is 5.78 Å². The number of ketones is 1. The van der Waals surface area contributed by atoms with Crippen molar-refractivity contribution >= 4 is 5.78 Å². The van der Waals surface area contributed by atoms with Crippen molar-refractivity contribution in [3.8, 4) is 0 Å². The molecule has 1 unspecified atom stereocenters. The van der Waals surface area contributed by atoms with Crippen LogP contribution in [0.2, 0.25) is 0 Å². The minimum Gasteiger partial charge on any atom is -0.661 e. The summed E-state index contributed by atoms with van der Waals surface area (Å²) in [7, 11) is 0. The first-order valence-electron chi connectivity index (χ1n) is 8.75. The molecular formula is C20H36N2ORe-2. The van der Waals surface area contributed by atoms with Gasteiger partial charge in [-0.3, -0.25) is 9.69 Å². The normalized spacial score (nSPS) is 33.6. The molecule has 2 atom stereocenters. The van der Waals surface area contributed by atoms with Crippen molar-refractivity contribution in [3.63, 3.8) is 0 Å². The summed E-state index contributed by atoms with van der Waals surface area (Å²) in [5.74, 6) is 0.411. The maximum Gasteiger partial charge on any atom is 0.155 e. The van der Waals surface area contributed by atoms with Gasteiger partial charge in [0.1, 0.15) is 0 Å². The predicted octanol–water partition coefficient (Wildman–Crippen LogP) is 4.32. The van der Waals surface area contributed by atoms with Crippen LogP contribution >= 0.6 is 0 Å². The van der Waals surface area contributed by atoms with E-state index < -0.39 is 0 Å². The summed E-state index contributed by atoms with van der Waals surface area (Å²) in [6.45, 7) is 20.8. The summed E-state index contributed by atoms with van der Waals surface area (Å²) in [5.41, 5.74) is 0.751. The average Bonchev–Trinajstić information content (AvgIpc) is 2.58. The van der Waals surface area contributed by atoms with Crippen LogP contribution in [0.15, 0.2) is 0 Å². The maximum atomic E-state index is 13.1. The van der Waals surface area contributed by atoms with Crippen LogP contribution in [-0.2, 0) is 25.2 Å². The Morgan fingerprint density at radius 2 is 1.54 bits per heavy atom. The quantitative estimate of drug-likeness (QED) is 0.497. The Hall–Kier alpha value is 0.252. The van der Waals surface area contributed by atoms with Crippen LogP contribution < -0.4 is 0 Å². The van der Waals surface area contributed by atoms with E-state index in [1.165, 1.54) is 0 Å². The van der Waals surface area contributed by atoms with Crippen molar-refractivity contribution in [2.24, 2.45) is 21.7 Å². The molecule has 2 saturated heterocycles. The second kappa shape index (κ2) is 5.88. The first-order valence-corrected chi connectivity index (χ1v) is 8.75. The molecule has 0 N–H and O–H groups in total.